The zero-order valence-corrected chi connectivity index (χ0v) is 10.7. The molecule has 0 saturated carbocycles. The molecular formula is C13H15ClN4. The highest BCUT2D eigenvalue weighted by Crippen LogP contribution is 2.11. The average molecular weight is 263 g/mol. The molecule has 18 heavy (non-hydrogen) atoms. The molecule has 0 aliphatic rings. The van der Waals surface area contributed by atoms with Gasteiger partial charge in [-0.15, -0.1) is 0 Å². The molecule has 0 fully saturated rings. The molecule has 0 spiro atoms. The van der Waals surface area contributed by atoms with Crippen LogP contribution in [0.3, 0.4) is 0 Å². The molecule has 94 valence electrons. The highest BCUT2D eigenvalue weighted by atomic mass is 35.5. The van der Waals surface area contributed by atoms with Crippen LogP contribution < -0.4 is 11.1 Å². The second-order valence-corrected chi connectivity index (χ2v) is 4.31. The number of hydrogen-bond acceptors (Lipinski definition) is 4. The zero-order chi connectivity index (χ0) is 12.8. The second-order valence-electron chi connectivity index (χ2n) is 3.88. The van der Waals surface area contributed by atoms with Gasteiger partial charge in [-0.2, -0.15) is 0 Å². The Balaban J connectivity index is 1.97. The van der Waals surface area contributed by atoms with Crippen molar-refractivity contribution in [2.45, 2.75) is 13.0 Å². The van der Waals surface area contributed by atoms with Crippen LogP contribution in [0, 0.1) is 0 Å². The molecule has 4 nitrogen and oxygen atoms in total. The summed E-state index contributed by atoms with van der Waals surface area (Å²) >= 11 is 5.83. The maximum atomic E-state index is 5.83. The summed E-state index contributed by atoms with van der Waals surface area (Å²) < 4.78 is 0. The van der Waals surface area contributed by atoms with Gasteiger partial charge in [0.15, 0.2) is 0 Å². The third-order valence-electron chi connectivity index (χ3n) is 2.46. The normalized spacial score (nSPS) is 10.3. The van der Waals surface area contributed by atoms with E-state index in [1.165, 1.54) is 0 Å². The van der Waals surface area contributed by atoms with Gasteiger partial charge in [0.05, 0.1) is 0 Å². The first-order valence-corrected chi connectivity index (χ1v) is 6.16. The molecule has 0 saturated heterocycles. The summed E-state index contributed by atoms with van der Waals surface area (Å²) in [5.74, 6) is 1.57. The summed E-state index contributed by atoms with van der Waals surface area (Å²) in [7, 11) is 0. The number of aromatic nitrogens is 2. The van der Waals surface area contributed by atoms with Crippen LogP contribution in [0.25, 0.3) is 0 Å². The number of nitrogens with two attached hydrogens (primary N) is 1. The minimum absolute atomic E-state index is 0.556. The van der Waals surface area contributed by atoms with Crippen LogP contribution in [0.1, 0.15) is 11.4 Å². The van der Waals surface area contributed by atoms with E-state index in [0.29, 0.717) is 19.5 Å². The summed E-state index contributed by atoms with van der Waals surface area (Å²) in [4.78, 5) is 8.51. The number of benzene rings is 1. The second kappa shape index (κ2) is 6.33. The predicted octanol–water partition coefficient (Wildman–Crippen LogP) is 2.24. The van der Waals surface area contributed by atoms with Gasteiger partial charge in [-0.25, -0.2) is 9.97 Å². The standard InChI is InChI=1S/C13H15ClN4/c14-11-3-1-10(2-4-11)9-17-13-6-8-16-12(18-13)5-7-15/h1-4,6,8H,5,7,9,15H2,(H,16,17,18). The Bertz CT molecular complexity index is 499. The summed E-state index contributed by atoms with van der Waals surface area (Å²) in [5.41, 5.74) is 6.63. The first-order valence-electron chi connectivity index (χ1n) is 5.78. The molecule has 3 N–H and O–H groups in total. The quantitative estimate of drug-likeness (QED) is 0.867. The number of rotatable bonds is 5. The molecular weight excluding hydrogens is 248 g/mol. The van der Waals surface area contributed by atoms with E-state index in [4.69, 9.17) is 17.3 Å². The Morgan fingerprint density at radius 2 is 1.94 bits per heavy atom. The van der Waals surface area contributed by atoms with Crippen molar-refractivity contribution in [2.24, 2.45) is 5.73 Å². The molecule has 1 aromatic carbocycles. The van der Waals surface area contributed by atoms with Gasteiger partial charge in [-0.3, -0.25) is 0 Å². The number of nitrogens with one attached hydrogen (secondary N) is 1. The minimum atomic E-state index is 0.556. The number of nitrogens with zero attached hydrogens (tertiary/aromatic N) is 2. The molecule has 0 aliphatic heterocycles. The monoisotopic (exact) mass is 262 g/mol. The smallest absolute Gasteiger partial charge is 0.131 e. The number of hydrogen-bond donors (Lipinski definition) is 2. The van der Waals surface area contributed by atoms with Crippen LogP contribution in [-0.2, 0) is 13.0 Å². The van der Waals surface area contributed by atoms with E-state index in [-0.39, 0.29) is 0 Å². The molecule has 0 unspecified atom stereocenters. The molecule has 2 rings (SSSR count). The molecule has 0 atom stereocenters. The van der Waals surface area contributed by atoms with Crippen molar-refractivity contribution >= 4 is 17.4 Å². The van der Waals surface area contributed by atoms with Gasteiger partial charge in [0.1, 0.15) is 11.6 Å². The van der Waals surface area contributed by atoms with Gasteiger partial charge in [0, 0.05) is 24.2 Å². The fraction of sp³-hybridized carbons (Fsp3) is 0.231. The van der Waals surface area contributed by atoms with Crippen molar-refractivity contribution in [2.75, 3.05) is 11.9 Å². The molecule has 0 bridgehead atoms. The molecule has 1 aromatic heterocycles. The van der Waals surface area contributed by atoms with E-state index >= 15 is 0 Å². The summed E-state index contributed by atoms with van der Waals surface area (Å²) in [6.07, 6.45) is 2.43. The van der Waals surface area contributed by atoms with E-state index in [0.717, 1.165) is 22.2 Å². The van der Waals surface area contributed by atoms with Crippen LogP contribution >= 0.6 is 11.6 Å². The summed E-state index contributed by atoms with van der Waals surface area (Å²) in [5, 5.41) is 3.99. The first kappa shape index (κ1) is 12.8. The third kappa shape index (κ3) is 3.68. The van der Waals surface area contributed by atoms with Gasteiger partial charge in [0.25, 0.3) is 0 Å². The fourth-order valence-corrected chi connectivity index (χ4v) is 1.67. The SMILES string of the molecule is NCCc1nccc(NCc2ccc(Cl)cc2)n1. The van der Waals surface area contributed by atoms with Crippen molar-refractivity contribution in [3.05, 3.63) is 52.9 Å². The molecule has 0 radical (unpaired) electrons. The highest BCUT2D eigenvalue weighted by Gasteiger charge is 1.99. The van der Waals surface area contributed by atoms with E-state index < -0.39 is 0 Å². The van der Waals surface area contributed by atoms with Gasteiger partial charge < -0.3 is 11.1 Å². The lowest BCUT2D eigenvalue weighted by Crippen LogP contribution is -2.08. The lowest BCUT2D eigenvalue weighted by molar-refractivity contribution is 0.865. The third-order valence-corrected chi connectivity index (χ3v) is 2.71. The van der Waals surface area contributed by atoms with Gasteiger partial charge in [0.2, 0.25) is 0 Å². The van der Waals surface area contributed by atoms with Crippen LogP contribution in [0.5, 0.6) is 0 Å². The predicted molar refractivity (Wildman–Crippen MR) is 73.6 cm³/mol. The largest absolute Gasteiger partial charge is 0.366 e. The fourth-order valence-electron chi connectivity index (χ4n) is 1.54. The first-order chi connectivity index (χ1) is 8.78. The molecule has 1 heterocycles. The maximum absolute atomic E-state index is 5.83. The molecule has 5 heteroatoms. The Kier molecular flexibility index (Phi) is 4.50. The lowest BCUT2D eigenvalue weighted by Gasteiger charge is -2.06. The van der Waals surface area contributed by atoms with Gasteiger partial charge >= 0.3 is 0 Å². The van der Waals surface area contributed by atoms with Gasteiger partial charge in [-0.1, -0.05) is 23.7 Å². The number of anilines is 1. The Hall–Kier alpha value is -1.65. The maximum Gasteiger partial charge on any atom is 0.131 e. The summed E-state index contributed by atoms with van der Waals surface area (Å²) in [6.45, 7) is 1.26. The van der Waals surface area contributed by atoms with E-state index in [9.17, 15) is 0 Å². The van der Waals surface area contributed by atoms with Crippen molar-refractivity contribution in [3.63, 3.8) is 0 Å². The minimum Gasteiger partial charge on any atom is -0.366 e. The van der Waals surface area contributed by atoms with Crippen LogP contribution in [0.15, 0.2) is 36.5 Å². The molecule has 0 amide bonds. The van der Waals surface area contributed by atoms with E-state index in [2.05, 4.69) is 15.3 Å². The van der Waals surface area contributed by atoms with Gasteiger partial charge in [-0.05, 0) is 30.3 Å². The van der Waals surface area contributed by atoms with Crippen molar-refractivity contribution in [1.29, 1.82) is 0 Å². The molecule has 0 aliphatic carbocycles. The van der Waals surface area contributed by atoms with E-state index in [1.807, 2.05) is 30.3 Å². The lowest BCUT2D eigenvalue weighted by atomic mass is 10.2. The van der Waals surface area contributed by atoms with Crippen LogP contribution in [0.2, 0.25) is 5.02 Å². The highest BCUT2D eigenvalue weighted by molar-refractivity contribution is 6.30. The average Bonchev–Trinajstić information content (AvgIpc) is 2.39. The van der Waals surface area contributed by atoms with Crippen LogP contribution in [0.4, 0.5) is 5.82 Å². The summed E-state index contributed by atoms with van der Waals surface area (Å²) in [6, 6.07) is 9.56. The Morgan fingerprint density at radius 3 is 2.67 bits per heavy atom. The van der Waals surface area contributed by atoms with Crippen molar-refractivity contribution < 1.29 is 0 Å². The Labute approximate surface area is 111 Å². The molecule has 2 aromatic rings. The Morgan fingerprint density at radius 1 is 1.17 bits per heavy atom. The zero-order valence-electron chi connectivity index (χ0n) is 9.94. The van der Waals surface area contributed by atoms with Crippen LogP contribution in [-0.4, -0.2) is 16.5 Å². The van der Waals surface area contributed by atoms with E-state index in [1.54, 1.807) is 6.20 Å². The number of halogens is 1. The van der Waals surface area contributed by atoms with Crippen molar-refractivity contribution in [1.82, 2.24) is 9.97 Å². The topological polar surface area (TPSA) is 63.8 Å². The van der Waals surface area contributed by atoms with Crippen molar-refractivity contribution in [3.8, 4) is 0 Å².